The van der Waals surface area contributed by atoms with Crippen molar-refractivity contribution in [1.29, 1.82) is 0 Å². The second kappa shape index (κ2) is 7.59. The molecule has 3 amide bonds. The quantitative estimate of drug-likeness (QED) is 0.659. The van der Waals surface area contributed by atoms with Crippen molar-refractivity contribution in [3.05, 3.63) is 75.8 Å². The minimum Gasteiger partial charge on any atom is -0.328 e. The number of rotatable bonds is 4. The standard InChI is InChI=1S/C20H16F2N4O2S/c1-11-14(22)3-2-4-15(11)23-19(28)25-20-24-17-16(29-20)10-26(18(17)27)9-12-5-7-13(21)8-6-12/h2-8H,9-10H2,1H3,(H2,23,24,25,28). The molecule has 3 aromatic rings. The summed E-state index contributed by atoms with van der Waals surface area (Å²) in [5.74, 6) is -0.984. The van der Waals surface area contributed by atoms with Crippen LogP contribution in [0.3, 0.4) is 0 Å². The van der Waals surface area contributed by atoms with Crippen LogP contribution in [-0.4, -0.2) is 21.8 Å². The van der Waals surface area contributed by atoms with E-state index >= 15 is 0 Å². The lowest BCUT2D eigenvalue weighted by atomic mass is 10.2. The maximum atomic E-state index is 13.6. The van der Waals surface area contributed by atoms with Crippen LogP contribution in [-0.2, 0) is 13.1 Å². The van der Waals surface area contributed by atoms with Crippen LogP contribution in [0, 0.1) is 18.6 Å². The second-order valence-corrected chi connectivity index (χ2v) is 7.65. The summed E-state index contributed by atoms with van der Waals surface area (Å²) in [6.07, 6.45) is 0. The topological polar surface area (TPSA) is 74.3 Å². The van der Waals surface area contributed by atoms with Crippen LogP contribution < -0.4 is 10.6 Å². The third kappa shape index (κ3) is 3.95. The van der Waals surface area contributed by atoms with Gasteiger partial charge in [0.1, 0.15) is 17.3 Å². The Morgan fingerprint density at radius 1 is 1.17 bits per heavy atom. The summed E-state index contributed by atoms with van der Waals surface area (Å²) >= 11 is 1.21. The Balaban J connectivity index is 1.40. The van der Waals surface area contributed by atoms with Crippen molar-refractivity contribution in [2.45, 2.75) is 20.0 Å². The van der Waals surface area contributed by atoms with Crippen molar-refractivity contribution < 1.29 is 18.4 Å². The number of carbonyl (C=O) groups excluding carboxylic acids is 2. The minimum absolute atomic E-state index is 0.241. The third-order valence-corrected chi connectivity index (χ3v) is 5.50. The van der Waals surface area contributed by atoms with Crippen molar-refractivity contribution in [3.63, 3.8) is 0 Å². The normalized spacial score (nSPS) is 12.8. The summed E-state index contributed by atoms with van der Waals surface area (Å²) in [5.41, 5.74) is 1.80. The van der Waals surface area contributed by atoms with Crippen molar-refractivity contribution in [2.24, 2.45) is 0 Å². The van der Waals surface area contributed by atoms with E-state index in [1.165, 1.54) is 35.6 Å². The van der Waals surface area contributed by atoms with Gasteiger partial charge in [-0.25, -0.2) is 18.6 Å². The smallest absolute Gasteiger partial charge is 0.325 e. The molecule has 0 radical (unpaired) electrons. The van der Waals surface area contributed by atoms with Crippen LogP contribution in [0.5, 0.6) is 0 Å². The number of nitrogens with zero attached hydrogens (tertiary/aromatic N) is 2. The van der Waals surface area contributed by atoms with Crippen LogP contribution in [0.1, 0.15) is 26.5 Å². The van der Waals surface area contributed by atoms with E-state index in [4.69, 9.17) is 0 Å². The molecule has 4 rings (SSSR count). The van der Waals surface area contributed by atoms with E-state index in [1.54, 1.807) is 30.0 Å². The molecule has 29 heavy (non-hydrogen) atoms. The molecular weight excluding hydrogens is 398 g/mol. The fraction of sp³-hybridized carbons (Fsp3) is 0.150. The molecule has 9 heteroatoms. The predicted molar refractivity (Wildman–Crippen MR) is 106 cm³/mol. The van der Waals surface area contributed by atoms with Gasteiger partial charge in [0.05, 0.1) is 11.4 Å². The van der Waals surface area contributed by atoms with E-state index in [0.717, 1.165) is 10.4 Å². The molecule has 0 atom stereocenters. The van der Waals surface area contributed by atoms with Crippen molar-refractivity contribution in [3.8, 4) is 0 Å². The molecule has 1 aliphatic rings. The molecule has 0 saturated carbocycles. The molecule has 148 valence electrons. The monoisotopic (exact) mass is 414 g/mol. The SMILES string of the molecule is Cc1c(F)cccc1NC(=O)Nc1nc2c(s1)CN(Cc1ccc(F)cc1)C2=O. The number of urea groups is 1. The third-order valence-electron chi connectivity index (χ3n) is 4.54. The molecule has 1 aromatic heterocycles. The molecule has 6 nitrogen and oxygen atoms in total. The Bertz CT molecular complexity index is 1100. The molecule has 0 bridgehead atoms. The number of benzene rings is 2. The lowest BCUT2D eigenvalue weighted by Crippen LogP contribution is -2.24. The number of carbonyl (C=O) groups is 2. The van der Waals surface area contributed by atoms with Gasteiger partial charge in [0.15, 0.2) is 5.13 Å². The predicted octanol–water partition coefficient (Wildman–Crippen LogP) is 4.53. The van der Waals surface area contributed by atoms with Crippen molar-refractivity contribution in [1.82, 2.24) is 9.88 Å². The average molecular weight is 414 g/mol. The minimum atomic E-state index is -0.568. The van der Waals surface area contributed by atoms with Crippen LogP contribution >= 0.6 is 11.3 Å². The van der Waals surface area contributed by atoms with E-state index in [9.17, 15) is 18.4 Å². The fourth-order valence-corrected chi connectivity index (χ4v) is 3.97. The molecule has 0 spiro atoms. The Kier molecular flexibility index (Phi) is 4.98. The summed E-state index contributed by atoms with van der Waals surface area (Å²) in [6, 6.07) is 9.81. The molecule has 0 unspecified atom stereocenters. The van der Waals surface area contributed by atoms with E-state index in [0.29, 0.717) is 30.0 Å². The van der Waals surface area contributed by atoms with Crippen LogP contribution in [0.15, 0.2) is 42.5 Å². The summed E-state index contributed by atoms with van der Waals surface area (Å²) < 4.78 is 26.6. The van der Waals surface area contributed by atoms with Gasteiger partial charge < -0.3 is 10.2 Å². The van der Waals surface area contributed by atoms with Crippen molar-refractivity contribution in [2.75, 3.05) is 10.6 Å². The zero-order valence-electron chi connectivity index (χ0n) is 15.3. The molecule has 2 heterocycles. The number of hydrogen-bond donors (Lipinski definition) is 2. The first kappa shape index (κ1) is 19.0. The van der Waals surface area contributed by atoms with Gasteiger partial charge in [-0.1, -0.05) is 29.5 Å². The summed E-state index contributed by atoms with van der Waals surface area (Å²) in [4.78, 5) is 31.3. The lowest BCUT2D eigenvalue weighted by molar-refractivity contribution is 0.0762. The molecule has 0 saturated heterocycles. The second-order valence-electron chi connectivity index (χ2n) is 6.57. The number of anilines is 2. The summed E-state index contributed by atoms with van der Waals surface area (Å²) in [6.45, 7) is 2.29. The Labute approximate surface area is 169 Å². The first-order valence-electron chi connectivity index (χ1n) is 8.77. The Morgan fingerprint density at radius 3 is 2.66 bits per heavy atom. The van der Waals surface area contributed by atoms with Crippen molar-refractivity contribution >= 4 is 34.1 Å². The molecule has 2 N–H and O–H groups in total. The number of fused-ring (bicyclic) bond motifs is 1. The van der Waals surface area contributed by atoms with Crippen LogP contribution in [0.2, 0.25) is 0 Å². The first-order chi connectivity index (χ1) is 13.9. The van der Waals surface area contributed by atoms with E-state index in [2.05, 4.69) is 15.6 Å². The zero-order chi connectivity index (χ0) is 20.5. The highest BCUT2D eigenvalue weighted by atomic mass is 32.1. The highest BCUT2D eigenvalue weighted by molar-refractivity contribution is 7.16. The Morgan fingerprint density at radius 2 is 1.93 bits per heavy atom. The first-order valence-corrected chi connectivity index (χ1v) is 9.59. The van der Waals surface area contributed by atoms with Gasteiger partial charge in [-0.05, 0) is 36.8 Å². The fourth-order valence-electron chi connectivity index (χ4n) is 3.01. The van der Waals surface area contributed by atoms with Gasteiger partial charge >= 0.3 is 6.03 Å². The molecular formula is C20H16F2N4O2S. The van der Waals surface area contributed by atoms with E-state index < -0.39 is 11.8 Å². The van der Waals surface area contributed by atoms with Crippen LogP contribution in [0.4, 0.5) is 24.4 Å². The van der Waals surface area contributed by atoms with Gasteiger partial charge in [-0.15, -0.1) is 0 Å². The number of hydrogen-bond acceptors (Lipinski definition) is 4. The van der Waals surface area contributed by atoms with Gasteiger partial charge in [-0.2, -0.15) is 0 Å². The Hall–Kier alpha value is -3.33. The van der Waals surface area contributed by atoms with Gasteiger partial charge in [0.2, 0.25) is 0 Å². The zero-order valence-corrected chi connectivity index (χ0v) is 16.1. The molecule has 0 fully saturated rings. The summed E-state index contributed by atoms with van der Waals surface area (Å²) in [7, 11) is 0. The highest BCUT2D eigenvalue weighted by Gasteiger charge is 2.32. The largest absolute Gasteiger partial charge is 0.328 e. The number of amides is 3. The van der Waals surface area contributed by atoms with E-state index in [1.807, 2.05) is 0 Å². The number of aromatic nitrogens is 1. The van der Waals surface area contributed by atoms with Gasteiger partial charge in [0.25, 0.3) is 5.91 Å². The summed E-state index contributed by atoms with van der Waals surface area (Å²) in [5, 5.41) is 5.44. The van der Waals surface area contributed by atoms with Crippen LogP contribution in [0.25, 0.3) is 0 Å². The number of nitrogens with one attached hydrogen (secondary N) is 2. The molecule has 2 aromatic carbocycles. The number of halogens is 2. The lowest BCUT2D eigenvalue weighted by Gasteiger charge is -2.15. The maximum Gasteiger partial charge on any atom is 0.325 e. The van der Waals surface area contributed by atoms with Gasteiger partial charge in [0, 0.05) is 17.8 Å². The molecule has 1 aliphatic heterocycles. The molecule has 0 aliphatic carbocycles. The van der Waals surface area contributed by atoms with Gasteiger partial charge in [-0.3, -0.25) is 10.1 Å². The maximum absolute atomic E-state index is 13.6. The average Bonchev–Trinajstić information content (AvgIpc) is 3.19. The van der Waals surface area contributed by atoms with E-state index in [-0.39, 0.29) is 16.9 Å². The number of thiazole rings is 1. The highest BCUT2D eigenvalue weighted by Crippen LogP contribution is 2.32.